The second-order valence-corrected chi connectivity index (χ2v) is 9.18. The number of rotatable bonds is 4. The van der Waals surface area contributed by atoms with Crippen molar-refractivity contribution >= 4 is 21.7 Å². The second-order valence-electron chi connectivity index (χ2n) is 6.99. The lowest BCUT2D eigenvalue weighted by molar-refractivity contribution is -0.141. The Kier molecular flexibility index (Phi) is 6.35. The molecule has 0 spiro atoms. The van der Waals surface area contributed by atoms with Gasteiger partial charge in [-0.3, -0.25) is 0 Å². The van der Waals surface area contributed by atoms with E-state index in [1.165, 1.54) is 6.07 Å². The van der Waals surface area contributed by atoms with Crippen LogP contribution in [0.2, 0.25) is 0 Å². The summed E-state index contributed by atoms with van der Waals surface area (Å²) in [5, 5.41) is 7.32. The number of nitrogens with zero attached hydrogens (tertiary/aromatic N) is 4. The maximum atomic E-state index is 13.4. The van der Waals surface area contributed by atoms with Crippen LogP contribution in [0.5, 0.6) is 0 Å². The SMILES string of the molecule is N#Cc1nc(N2C[C@@H](S(=O)(=O)c3ccccc3C(F)(F)F)CC2OC(N)=O)cc(C(F)(F)F)n1. The average Bonchev–Trinajstić information content (AvgIpc) is 3.16. The van der Waals surface area contributed by atoms with Crippen LogP contribution in [0.25, 0.3) is 0 Å². The number of amides is 1. The van der Waals surface area contributed by atoms with Gasteiger partial charge in [0.25, 0.3) is 0 Å². The number of nitrogens with two attached hydrogens (primary N) is 1. The van der Waals surface area contributed by atoms with Gasteiger partial charge in [-0.1, -0.05) is 12.1 Å². The lowest BCUT2D eigenvalue weighted by atomic mass is 10.2. The Hall–Kier alpha value is -3.61. The van der Waals surface area contributed by atoms with Crippen LogP contribution in [0.4, 0.5) is 37.0 Å². The first-order valence-corrected chi connectivity index (χ1v) is 10.7. The molecule has 1 fully saturated rings. The number of anilines is 1. The molecule has 0 aliphatic carbocycles. The van der Waals surface area contributed by atoms with Crippen molar-refractivity contribution in [1.29, 1.82) is 5.26 Å². The fraction of sp³-hybridized carbons (Fsp3) is 0.333. The van der Waals surface area contributed by atoms with Gasteiger partial charge in [-0.2, -0.15) is 31.6 Å². The van der Waals surface area contributed by atoms with Gasteiger partial charge in [0.1, 0.15) is 11.9 Å². The highest BCUT2D eigenvalue weighted by molar-refractivity contribution is 7.92. The molecular formula is C18H13F6N5O4S. The van der Waals surface area contributed by atoms with E-state index in [0.717, 1.165) is 23.1 Å². The summed E-state index contributed by atoms with van der Waals surface area (Å²) in [5.74, 6) is -1.55. The zero-order chi connectivity index (χ0) is 25.5. The van der Waals surface area contributed by atoms with E-state index in [4.69, 9.17) is 15.7 Å². The number of hydrogen-bond acceptors (Lipinski definition) is 8. The van der Waals surface area contributed by atoms with E-state index in [1.807, 2.05) is 0 Å². The topological polar surface area (TPSA) is 139 Å². The Labute approximate surface area is 187 Å². The highest BCUT2D eigenvalue weighted by atomic mass is 32.2. The number of carbonyl (C=O) groups is 1. The molecule has 1 amide bonds. The van der Waals surface area contributed by atoms with Crippen molar-refractivity contribution in [2.45, 2.75) is 35.1 Å². The monoisotopic (exact) mass is 509 g/mol. The number of ether oxygens (including phenoxy) is 1. The molecule has 1 unspecified atom stereocenters. The van der Waals surface area contributed by atoms with E-state index in [1.54, 1.807) is 0 Å². The summed E-state index contributed by atoms with van der Waals surface area (Å²) in [7, 11) is -4.74. The molecule has 34 heavy (non-hydrogen) atoms. The lowest BCUT2D eigenvalue weighted by Crippen LogP contribution is -2.36. The number of aromatic nitrogens is 2. The van der Waals surface area contributed by atoms with Crippen molar-refractivity contribution in [2.75, 3.05) is 11.4 Å². The molecule has 1 aromatic heterocycles. The molecule has 1 aliphatic rings. The zero-order valence-corrected chi connectivity index (χ0v) is 17.4. The maximum absolute atomic E-state index is 13.4. The smallest absolute Gasteiger partial charge is 0.425 e. The summed E-state index contributed by atoms with van der Waals surface area (Å²) in [4.78, 5) is 17.7. The fourth-order valence-corrected chi connectivity index (χ4v) is 5.27. The van der Waals surface area contributed by atoms with Crippen LogP contribution in [0.3, 0.4) is 0 Å². The van der Waals surface area contributed by atoms with Crippen LogP contribution in [-0.4, -0.2) is 42.5 Å². The van der Waals surface area contributed by atoms with Gasteiger partial charge in [0.2, 0.25) is 5.82 Å². The molecule has 2 aromatic rings. The molecule has 1 aromatic carbocycles. The number of primary amides is 1. The summed E-state index contributed by atoms with van der Waals surface area (Å²) in [6.45, 7) is -0.717. The van der Waals surface area contributed by atoms with E-state index in [2.05, 4.69) is 9.97 Å². The standard InChI is InChI=1S/C18H13F6N5O4S/c19-17(20,21)10-3-1-2-4-11(10)34(31,32)9-5-15(33-16(26)30)29(8-9)14-6-12(18(22,23)24)27-13(7-25)28-14/h1-4,6,9,15H,5,8H2,(H2,26,30)/t9-,15?/m0/s1. The first-order valence-electron chi connectivity index (χ1n) is 9.14. The van der Waals surface area contributed by atoms with E-state index >= 15 is 0 Å². The quantitative estimate of drug-likeness (QED) is 0.621. The molecule has 2 N–H and O–H groups in total. The summed E-state index contributed by atoms with van der Waals surface area (Å²) < 4.78 is 111. The molecule has 1 aliphatic heterocycles. The molecule has 2 atom stereocenters. The predicted octanol–water partition coefficient (Wildman–Crippen LogP) is 2.86. The van der Waals surface area contributed by atoms with Gasteiger partial charge in [0, 0.05) is 19.0 Å². The molecular weight excluding hydrogens is 496 g/mol. The van der Waals surface area contributed by atoms with Crippen LogP contribution in [-0.2, 0) is 26.9 Å². The highest BCUT2D eigenvalue weighted by Crippen LogP contribution is 2.39. The number of nitriles is 1. The molecule has 0 saturated carbocycles. The first-order chi connectivity index (χ1) is 15.6. The highest BCUT2D eigenvalue weighted by Gasteiger charge is 2.46. The normalized spacial score (nSPS) is 19.0. The minimum Gasteiger partial charge on any atom is -0.425 e. The largest absolute Gasteiger partial charge is 0.433 e. The Bertz CT molecular complexity index is 1260. The number of benzene rings is 1. The number of alkyl halides is 6. The molecule has 16 heteroatoms. The van der Waals surface area contributed by atoms with Crippen molar-refractivity contribution in [2.24, 2.45) is 5.73 Å². The van der Waals surface area contributed by atoms with Gasteiger partial charge < -0.3 is 15.4 Å². The van der Waals surface area contributed by atoms with Gasteiger partial charge in [0.15, 0.2) is 21.8 Å². The van der Waals surface area contributed by atoms with Crippen LogP contribution >= 0.6 is 0 Å². The minimum atomic E-state index is -5.01. The number of carbonyl (C=O) groups excluding carboxylic acids is 1. The molecule has 1 saturated heterocycles. The second kappa shape index (κ2) is 8.63. The third-order valence-corrected chi connectivity index (χ3v) is 6.99. The van der Waals surface area contributed by atoms with Crippen LogP contribution in [0.15, 0.2) is 35.2 Å². The maximum Gasteiger partial charge on any atom is 0.433 e. The van der Waals surface area contributed by atoms with E-state index < -0.39 is 80.5 Å². The van der Waals surface area contributed by atoms with Crippen molar-refractivity contribution in [1.82, 2.24) is 9.97 Å². The van der Waals surface area contributed by atoms with E-state index in [9.17, 15) is 39.6 Å². The van der Waals surface area contributed by atoms with Gasteiger partial charge in [-0.15, -0.1) is 0 Å². The molecule has 182 valence electrons. The molecule has 3 rings (SSSR count). The van der Waals surface area contributed by atoms with Crippen LogP contribution in [0, 0.1) is 11.3 Å². The predicted molar refractivity (Wildman–Crippen MR) is 101 cm³/mol. The van der Waals surface area contributed by atoms with E-state index in [0.29, 0.717) is 12.1 Å². The molecule has 0 bridgehead atoms. The summed E-state index contributed by atoms with van der Waals surface area (Å²) in [6, 6.07) is 5.08. The first kappa shape index (κ1) is 25.0. The van der Waals surface area contributed by atoms with Crippen molar-refractivity contribution in [3.8, 4) is 6.07 Å². The van der Waals surface area contributed by atoms with Gasteiger partial charge in [-0.05, 0) is 12.1 Å². The van der Waals surface area contributed by atoms with Crippen molar-refractivity contribution < 1.29 is 44.3 Å². The van der Waals surface area contributed by atoms with Crippen LogP contribution < -0.4 is 10.6 Å². The third kappa shape index (κ3) is 4.98. The average molecular weight is 509 g/mol. The summed E-state index contributed by atoms with van der Waals surface area (Å²) >= 11 is 0. The minimum absolute atomic E-state index is 0.386. The fourth-order valence-electron chi connectivity index (χ4n) is 3.38. The summed E-state index contributed by atoms with van der Waals surface area (Å²) in [5.41, 5.74) is 1.99. The summed E-state index contributed by atoms with van der Waals surface area (Å²) in [6.07, 6.45) is -13.7. The zero-order valence-electron chi connectivity index (χ0n) is 16.6. The van der Waals surface area contributed by atoms with Gasteiger partial charge in [0.05, 0.1) is 15.7 Å². The Morgan fingerprint density at radius 3 is 2.35 bits per heavy atom. The van der Waals surface area contributed by atoms with E-state index in [-0.39, 0.29) is 0 Å². The number of halogens is 6. The molecule has 0 radical (unpaired) electrons. The Morgan fingerprint density at radius 1 is 1.15 bits per heavy atom. The Balaban J connectivity index is 2.08. The third-order valence-electron chi connectivity index (χ3n) is 4.80. The van der Waals surface area contributed by atoms with Gasteiger partial charge >= 0.3 is 18.4 Å². The van der Waals surface area contributed by atoms with Crippen LogP contribution in [0.1, 0.15) is 23.5 Å². The van der Waals surface area contributed by atoms with Crippen molar-refractivity contribution in [3.05, 3.63) is 47.4 Å². The molecule has 2 heterocycles. The number of hydrogen-bond donors (Lipinski definition) is 1. The molecule has 9 nitrogen and oxygen atoms in total. The van der Waals surface area contributed by atoms with Crippen molar-refractivity contribution in [3.63, 3.8) is 0 Å². The van der Waals surface area contributed by atoms with Gasteiger partial charge in [-0.25, -0.2) is 23.2 Å². The number of sulfone groups is 1. The lowest BCUT2D eigenvalue weighted by Gasteiger charge is -2.25. The Morgan fingerprint density at radius 2 is 1.79 bits per heavy atom.